The van der Waals surface area contributed by atoms with E-state index in [1.54, 1.807) is 19.2 Å². The number of sulfonamides is 1. The molecule has 0 spiro atoms. The second-order valence-corrected chi connectivity index (χ2v) is 9.75. The van der Waals surface area contributed by atoms with Gasteiger partial charge in [-0.15, -0.1) is 0 Å². The second kappa shape index (κ2) is 9.81. The number of halogens is 1. The number of hydrogen-bond acceptors (Lipinski definition) is 4. The Hall–Kier alpha value is -2.09. The normalized spacial score (nSPS) is 16.8. The van der Waals surface area contributed by atoms with E-state index < -0.39 is 10.0 Å². The zero-order chi connectivity index (χ0) is 21.7. The lowest BCUT2D eigenvalue weighted by Gasteiger charge is -2.31. The molecule has 2 aromatic carbocycles. The van der Waals surface area contributed by atoms with Crippen LogP contribution in [0.5, 0.6) is 5.75 Å². The zero-order valence-corrected chi connectivity index (χ0v) is 18.7. The summed E-state index contributed by atoms with van der Waals surface area (Å²) in [5.74, 6) is 0.546. The van der Waals surface area contributed by atoms with Crippen LogP contribution in [-0.2, 0) is 14.8 Å². The first-order valence-corrected chi connectivity index (χ1v) is 11.9. The number of benzene rings is 2. The molecule has 1 amide bonds. The molecule has 0 unspecified atom stereocenters. The largest absolute Gasteiger partial charge is 0.497 e. The van der Waals surface area contributed by atoms with E-state index in [-0.39, 0.29) is 22.8 Å². The van der Waals surface area contributed by atoms with Gasteiger partial charge in [0.1, 0.15) is 5.75 Å². The number of methoxy groups -OCH3 is 1. The quantitative estimate of drug-likeness (QED) is 0.691. The van der Waals surface area contributed by atoms with Gasteiger partial charge in [0, 0.05) is 24.0 Å². The van der Waals surface area contributed by atoms with Crippen LogP contribution in [0.2, 0.25) is 5.02 Å². The fourth-order valence-corrected chi connectivity index (χ4v) is 5.26. The van der Waals surface area contributed by atoms with Crippen LogP contribution >= 0.6 is 11.6 Å². The molecule has 3 rings (SSSR count). The maximum absolute atomic E-state index is 12.8. The number of amides is 1. The third-order valence-electron chi connectivity index (χ3n) is 5.52. The molecule has 0 aliphatic carbocycles. The SMILES string of the molecule is CC[C@@H](NC(=O)C1CCN(S(=O)(=O)c2ccc(Cl)cc2)CC1)c1ccc(OC)cc1. The summed E-state index contributed by atoms with van der Waals surface area (Å²) in [4.78, 5) is 13.0. The van der Waals surface area contributed by atoms with Crippen LogP contribution in [0.25, 0.3) is 0 Å². The van der Waals surface area contributed by atoms with Gasteiger partial charge in [0.2, 0.25) is 15.9 Å². The number of nitrogens with one attached hydrogen (secondary N) is 1. The monoisotopic (exact) mass is 450 g/mol. The molecule has 8 heteroatoms. The summed E-state index contributed by atoms with van der Waals surface area (Å²) in [6, 6.07) is 13.7. The lowest BCUT2D eigenvalue weighted by molar-refractivity contribution is -0.126. The van der Waals surface area contributed by atoms with Crippen LogP contribution in [0.3, 0.4) is 0 Å². The van der Waals surface area contributed by atoms with Crippen LogP contribution in [0, 0.1) is 5.92 Å². The van der Waals surface area contributed by atoms with Gasteiger partial charge in [-0.25, -0.2) is 8.42 Å². The molecule has 2 aromatic rings. The summed E-state index contributed by atoms with van der Waals surface area (Å²) in [5, 5.41) is 3.61. The minimum absolute atomic E-state index is 0.0267. The molecule has 1 saturated heterocycles. The van der Waals surface area contributed by atoms with E-state index in [9.17, 15) is 13.2 Å². The fraction of sp³-hybridized carbons (Fsp3) is 0.409. The Morgan fingerprint density at radius 3 is 2.27 bits per heavy atom. The van der Waals surface area contributed by atoms with E-state index in [0.717, 1.165) is 17.7 Å². The van der Waals surface area contributed by atoms with Gasteiger partial charge in [0.25, 0.3) is 0 Å². The van der Waals surface area contributed by atoms with Crippen LogP contribution in [0.1, 0.15) is 37.8 Å². The van der Waals surface area contributed by atoms with E-state index >= 15 is 0 Å². The zero-order valence-electron chi connectivity index (χ0n) is 17.2. The summed E-state index contributed by atoms with van der Waals surface area (Å²) in [6.07, 6.45) is 1.76. The van der Waals surface area contributed by atoms with E-state index in [2.05, 4.69) is 5.32 Å². The highest BCUT2D eigenvalue weighted by Crippen LogP contribution is 2.26. The average Bonchev–Trinajstić information content (AvgIpc) is 2.78. The Kier molecular flexibility index (Phi) is 7.39. The van der Waals surface area contributed by atoms with Crippen molar-refractivity contribution in [3.8, 4) is 5.75 Å². The Balaban J connectivity index is 1.59. The van der Waals surface area contributed by atoms with Gasteiger partial charge >= 0.3 is 0 Å². The second-order valence-electron chi connectivity index (χ2n) is 7.37. The van der Waals surface area contributed by atoms with Crippen LogP contribution in [0.4, 0.5) is 0 Å². The highest BCUT2D eigenvalue weighted by Gasteiger charge is 2.32. The Labute approximate surface area is 183 Å². The third kappa shape index (κ3) is 5.14. The van der Waals surface area contributed by atoms with Crippen molar-refractivity contribution in [3.05, 3.63) is 59.1 Å². The predicted octanol–water partition coefficient (Wildman–Crippen LogP) is 4.02. The number of piperidine rings is 1. The molecule has 30 heavy (non-hydrogen) atoms. The van der Waals surface area contributed by atoms with Crippen molar-refractivity contribution in [2.24, 2.45) is 5.92 Å². The minimum atomic E-state index is -3.57. The molecule has 1 heterocycles. The molecule has 1 aliphatic heterocycles. The molecular weight excluding hydrogens is 424 g/mol. The van der Waals surface area contributed by atoms with Crippen molar-refractivity contribution in [3.63, 3.8) is 0 Å². The van der Waals surface area contributed by atoms with Gasteiger partial charge in [-0.05, 0) is 61.2 Å². The van der Waals surface area contributed by atoms with Crippen molar-refractivity contribution in [1.82, 2.24) is 9.62 Å². The Morgan fingerprint density at radius 1 is 1.13 bits per heavy atom. The molecule has 0 bridgehead atoms. The molecule has 1 atom stereocenters. The minimum Gasteiger partial charge on any atom is -0.497 e. The molecule has 0 saturated carbocycles. The lowest BCUT2D eigenvalue weighted by atomic mass is 9.95. The summed E-state index contributed by atoms with van der Waals surface area (Å²) < 4.78 is 32.2. The van der Waals surface area contributed by atoms with Gasteiger partial charge in [0.05, 0.1) is 18.0 Å². The van der Waals surface area contributed by atoms with Gasteiger partial charge in [-0.1, -0.05) is 30.7 Å². The van der Waals surface area contributed by atoms with Crippen molar-refractivity contribution in [2.45, 2.75) is 37.1 Å². The van der Waals surface area contributed by atoms with Crippen LogP contribution in [-0.4, -0.2) is 38.8 Å². The topological polar surface area (TPSA) is 75.7 Å². The molecule has 0 radical (unpaired) electrons. The summed E-state index contributed by atoms with van der Waals surface area (Å²) >= 11 is 5.86. The van der Waals surface area contributed by atoms with E-state index in [1.807, 2.05) is 31.2 Å². The standard InChI is InChI=1S/C22H27ClN2O4S/c1-3-21(16-4-8-19(29-2)9-5-16)24-22(26)17-12-14-25(15-13-17)30(27,28)20-10-6-18(23)7-11-20/h4-11,17,21H,3,12-15H2,1-2H3,(H,24,26)/t21-/m1/s1. The van der Waals surface area contributed by atoms with Crippen molar-refractivity contribution in [2.75, 3.05) is 20.2 Å². The number of ether oxygens (including phenoxy) is 1. The number of rotatable bonds is 7. The number of carbonyl (C=O) groups is 1. The fourth-order valence-electron chi connectivity index (χ4n) is 3.66. The van der Waals surface area contributed by atoms with Crippen LogP contribution < -0.4 is 10.1 Å². The maximum atomic E-state index is 12.8. The molecule has 6 nitrogen and oxygen atoms in total. The van der Waals surface area contributed by atoms with E-state index in [4.69, 9.17) is 16.3 Å². The molecule has 1 N–H and O–H groups in total. The first kappa shape index (κ1) is 22.6. The van der Waals surface area contributed by atoms with Crippen molar-refractivity contribution < 1.29 is 17.9 Å². The highest BCUT2D eigenvalue weighted by molar-refractivity contribution is 7.89. The van der Waals surface area contributed by atoms with Crippen molar-refractivity contribution >= 4 is 27.5 Å². The van der Waals surface area contributed by atoms with Gasteiger partial charge in [-0.2, -0.15) is 4.31 Å². The molecule has 1 aliphatic rings. The molecule has 0 aromatic heterocycles. The van der Waals surface area contributed by atoms with Crippen LogP contribution in [0.15, 0.2) is 53.4 Å². The lowest BCUT2D eigenvalue weighted by Crippen LogP contribution is -2.43. The van der Waals surface area contributed by atoms with E-state index in [0.29, 0.717) is 31.0 Å². The maximum Gasteiger partial charge on any atom is 0.243 e. The first-order valence-electron chi connectivity index (χ1n) is 10.0. The third-order valence-corrected chi connectivity index (χ3v) is 7.68. The van der Waals surface area contributed by atoms with Gasteiger partial charge < -0.3 is 10.1 Å². The van der Waals surface area contributed by atoms with Gasteiger partial charge in [-0.3, -0.25) is 4.79 Å². The molecule has 1 fully saturated rings. The van der Waals surface area contributed by atoms with Gasteiger partial charge in [0.15, 0.2) is 0 Å². The highest BCUT2D eigenvalue weighted by atomic mass is 35.5. The molecule has 162 valence electrons. The summed E-state index contributed by atoms with van der Waals surface area (Å²) in [5.41, 5.74) is 1.02. The Bertz CT molecular complexity index is 954. The summed E-state index contributed by atoms with van der Waals surface area (Å²) in [7, 11) is -1.96. The number of carbonyl (C=O) groups excluding carboxylic acids is 1. The first-order chi connectivity index (χ1) is 14.3. The smallest absolute Gasteiger partial charge is 0.243 e. The molecular formula is C22H27ClN2O4S. The van der Waals surface area contributed by atoms with E-state index in [1.165, 1.54) is 16.4 Å². The predicted molar refractivity (Wildman–Crippen MR) is 117 cm³/mol. The average molecular weight is 451 g/mol. The van der Waals surface area contributed by atoms with Crippen molar-refractivity contribution in [1.29, 1.82) is 0 Å². The summed E-state index contributed by atoms with van der Waals surface area (Å²) in [6.45, 7) is 2.67. The number of nitrogens with zero attached hydrogens (tertiary/aromatic N) is 1. The number of hydrogen-bond donors (Lipinski definition) is 1. The Morgan fingerprint density at radius 2 is 1.73 bits per heavy atom.